The fourth-order valence-electron chi connectivity index (χ4n) is 3.92. The summed E-state index contributed by atoms with van der Waals surface area (Å²) in [6, 6.07) is 0. The lowest BCUT2D eigenvalue weighted by Crippen LogP contribution is -2.42. The van der Waals surface area contributed by atoms with Crippen LogP contribution in [0.5, 0.6) is 0 Å². The lowest BCUT2D eigenvalue weighted by molar-refractivity contribution is 0.0316. The molecule has 0 radical (unpaired) electrons. The topological polar surface area (TPSA) is 52.6 Å². The zero-order valence-electron chi connectivity index (χ0n) is 10.5. The fraction of sp³-hybridized carbons (Fsp3) is 1.00. The van der Waals surface area contributed by atoms with E-state index in [9.17, 15) is 8.42 Å². The van der Waals surface area contributed by atoms with Crippen molar-refractivity contribution < 1.29 is 17.9 Å². The molecule has 18 heavy (non-hydrogen) atoms. The van der Waals surface area contributed by atoms with Gasteiger partial charge in [-0.1, -0.05) is 6.92 Å². The van der Waals surface area contributed by atoms with Crippen LogP contribution in [0.1, 0.15) is 39.0 Å². The highest BCUT2D eigenvalue weighted by atomic mass is 35.7. The van der Waals surface area contributed by atoms with Crippen molar-refractivity contribution >= 4 is 19.7 Å². The highest BCUT2D eigenvalue weighted by molar-refractivity contribution is 8.15. The molecule has 2 saturated heterocycles. The van der Waals surface area contributed by atoms with E-state index in [1.54, 1.807) is 0 Å². The van der Waals surface area contributed by atoms with Gasteiger partial charge in [-0.2, -0.15) is 0 Å². The first-order chi connectivity index (χ1) is 8.42. The first-order valence-electron chi connectivity index (χ1n) is 6.59. The molecule has 4 atom stereocenters. The smallest absolute Gasteiger partial charge is 0.241 e. The fourth-order valence-corrected chi connectivity index (χ4v) is 6.57. The molecule has 0 amide bonds. The summed E-state index contributed by atoms with van der Waals surface area (Å²) in [7, 11) is 2.11. The summed E-state index contributed by atoms with van der Waals surface area (Å²) in [6.07, 6.45) is 3.96. The first-order valence-corrected chi connectivity index (χ1v) is 8.90. The minimum atomic E-state index is -3.65. The third-order valence-electron chi connectivity index (χ3n) is 5.00. The Morgan fingerprint density at radius 2 is 1.67 bits per heavy atom. The Morgan fingerprint density at radius 1 is 1.11 bits per heavy atom. The van der Waals surface area contributed by atoms with E-state index in [1.807, 2.05) is 6.92 Å². The number of halogens is 1. The van der Waals surface area contributed by atoms with Gasteiger partial charge in [0.2, 0.25) is 9.05 Å². The van der Waals surface area contributed by atoms with Crippen LogP contribution in [0.2, 0.25) is 0 Å². The van der Waals surface area contributed by atoms with Gasteiger partial charge in [0.25, 0.3) is 0 Å². The number of hydrogen-bond donors (Lipinski definition) is 0. The molecule has 3 fully saturated rings. The molecule has 6 heteroatoms. The van der Waals surface area contributed by atoms with Crippen molar-refractivity contribution in [2.24, 2.45) is 5.41 Å². The number of hydrogen-bond acceptors (Lipinski definition) is 4. The molecule has 2 aliphatic heterocycles. The van der Waals surface area contributed by atoms with Gasteiger partial charge in [-0.15, -0.1) is 0 Å². The molecule has 0 bridgehead atoms. The van der Waals surface area contributed by atoms with E-state index in [0.29, 0.717) is 13.0 Å². The highest BCUT2D eigenvalue weighted by Gasteiger charge is 2.78. The Hall–Kier alpha value is 0.160. The quantitative estimate of drug-likeness (QED) is 0.748. The maximum atomic E-state index is 12.1. The molecule has 3 rings (SSSR count). The van der Waals surface area contributed by atoms with Gasteiger partial charge in [0.15, 0.2) is 0 Å². The highest BCUT2D eigenvalue weighted by Crippen LogP contribution is 2.69. The lowest BCUT2D eigenvalue weighted by atomic mass is 9.93. The molecule has 104 valence electrons. The van der Waals surface area contributed by atoms with Crippen molar-refractivity contribution in [2.45, 2.75) is 56.0 Å². The summed E-state index contributed by atoms with van der Waals surface area (Å²) in [4.78, 5) is 0. The average molecular weight is 295 g/mol. The molecule has 1 saturated carbocycles. The monoisotopic (exact) mass is 294 g/mol. The minimum absolute atomic E-state index is 0.00947. The largest absolute Gasteiger partial charge is 0.378 e. The second-order valence-electron chi connectivity index (χ2n) is 5.92. The van der Waals surface area contributed by atoms with Crippen LogP contribution < -0.4 is 0 Å². The van der Waals surface area contributed by atoms with E-state index in [1.165, 1.54) is 0 Å². The predicted molar refractivity (Wildman–Crippen MR) is 68.2 cm³/mol. The van der Waals surface area contributed by atoms with Crippen LogP contribution in [0.4, 0.5) is 0 Å². The second kappa shape index (κ2) is 4.08. The van der Waals surface area contributed by atoms with Crippen LogP contribution in [0.25, 0.3) is 0 Å². The van der Waals surface area contributed by atoms with E-state index in [-0.39, 0.29) is 17.6 Å². The Bertz CT molecular complexity index is 439. The molecule has 0 N–H and O–H groups in total. The minimum Gasteiger partial charge on any atom is -0.378 e. The van der Waals surface area contributed by atoms with Crippen LogP contribution in [0.3, 0.4) is 0 Å². The molecular formula is C12H19ClO4S. The van der Waals surface area contributed by atoms with Gasteiger partial charge < -0.3 is 9.47 Å². The SMILES string of the molecule is CC1(C2CCCO2)CC1(C1CCCO1)S(=O)(=O)Cl. The zero-order valence-corrected chi connectivity index (χ0v) is 12.1. The summed E-state index contributed by atoms with van der Waals surface area (Å²) in [5.74, 6) is 0. The lowest BCUT2D eigenvalue weighted by Gasteiger charge is -2.28. The summed E-state index contributed by atoms with van der Waals surface area (Å²) in [5.41, 5.74) is -0.376. The summed E-state index contributed by atoms with van der Waals surface area (Å²) < 4.78 is 34.6. The maximum absolute atomic E-state index is 12.1. The van der Waals surface area contributed by atoms with Crippen molar-refractivity contribution in [1.82, 2.24) is 0 Å². The van der Waals surface area contributed by atoms with Gasteiger partial charge in [0.1, 0.15) is 4.75 Å². The molecule has 3 aliphatic rings. The second-order valence-corrected chi connectivity index (χ2v) is 8.75. The van der Waals surface area contributed by atoms with E-state index >= 15 is 0 Å². The zero-order chi connectivity index (χ0) is 13.0. The maximum Gasteiger partial charge on any atom is 0.241 e. The van der Waals surface area contributed by atoms with Gasteiger partial charge >= 0.3 is 0 Å². The molecule has 0 spiro atoms. The molecule has 4 unspecified atom stereocenters. The third kappa shape index (κ3) is 1.60. The van der Waals surface area contributed by atoms with Crippen LogP contribution in [-0.2, 0) is 18.5 Å². The van der Waals surface area contributed by atoms with Gasteiger partial charge in [0.05, 0.1) is 12.2 Å². The van der Waals surface area contributed by atoms with E-state index in [0.717, 1.165) is 32.3 Å². The van der Waals surface area contributed by atoms with Gasteiger partial charge in [-0.25, -0.2) is 8.42 Å². The van der Waals surface area contributed by atoms with Crippen molar-refractivity contribution in [2.75, 3.05) is 13.2 Å². The molecule has 0 aromatic rings. The van der Waals surface area contributed by atoms with E-state index in [2.05, 4.69) is 0 Å². The molecule has 2 heterocycles. The summed E-state index contributed by atoms with van der Waals surface area (Å²) >= 11 is 0. The van der Waals surface area contributed by atoms with E-state index < -0.39 is 13.8 Å². The van der Waals surface area contributed by atoms with Crippen LogP contribution in [-0.4, -0.2) is 38.6 Å². The Morgan fingerprint density at radius 3 is 2.11 bits per heavy atom. The van der Waals surface area contributed by atoms with Gasteiger partial charge in [0, 0.05) is 29.3 Å². The Kier molecular flexibility index (Phi) is 2.98. The first kappa shape index (κ1) is 13.2. The molecule has 0 aromatic heterocycles. The number of ether oxygens (including phenoxy) is 2. The Balaban J connectivity index is 1.94. The molecular weight excluding hydrogens is 276 g/mol. The van der Waals surface area contributed by atoms with Crippen LogP contribution in [0.15, 0.2) is 0 Å². The van der Waals surface area contributed by atoms with Gasteiger partial charge in [-0.05, 0) is 32.1 Å². The summed E-state index contributed by atoms with van der Waals surface area (Å²) in [6.45, 7) is 3.36. The third-order valence-corrected chi connectivity index (χ3v) is 7.57. The normalized spacial score (nSPS) is 48.6. The van der Waals surface area contributed by atoms with Crippen molar-refractivity contribution in [3.63, 3.8) is 0 Å². The molecule has 0 aromatic carbocycles. The van der Waals surface area contributed by atoms with E-state index in [4.69, 9.17) is 20.2 Å². The van der Waals surface area contributed by atoms with Crippen LogP contribution in [0, 0.1) is 5.41 Å². The van der Waals surface area contributed by atoms with Gasteiger partial charge in [-0.3, -0.25) is 0 Å². The number of rotatable bonds is 3. The van der Waals surface area contributed by atoms with Crippen molar-refractivity contribution in [3.8, 4) is 0 Å². The van der Waals surface area contributed by atoms with Crippen molar-refractivity contribution in [1.29, 1.82) is 0 Å². The van der Waals surface area contributed by atoms with Crippen LogP contribution >= 0.6 is 10.7 Å². The Labute approximate surface area is 112 Å². The standard InChI is InChI=1S/C12H19ClO4S/c1-11(9-4-2-6-16-9)8-12(11,18(13,14)15)10-5-3-7-17-10/h9-10H,2-8H2,1H3. The molecule has 1 aliphatic carbocycles. The molecule has 4 nitrogen and oxygen atoms in total. The average Bonchev–Trinajstić information content (AvgIpc) is 2.83. The van der Waals surface area contributed by atoms with Crippen molar-refractivity contribution in [3.05, 3.63) is 0 Å². The predicted octanol–water partition coefficient (Wildman–Crippen LogP) is 2.06. The summed E-state index contributed by atoms with van der Waals surface area (Å²) in [5, 5.41) is 0.